The minimum absolute atomic E-state index is 0.0927. The van der Waals surface area contributed by atoms with Crippen molar-refractivity contribution in [3.63, 3.8) is 0 Å². The number of thiocarbonyl (C=S) groups is 1. The predicted octanol–water partition coefficient (Wildman–Crippen LogP) is 3.94. The number of benzene rings is 1. The SMILES string of the molecule is COc1cccc(N2C(=S)SC3C(=O)N=C(SCC(=O)NCCC4=CCCCC4)N=C32)c1. The number of allylic oxidation sites excluding steroid dienone is 1. The number of hydrogen-bond donors (Lipinski definition) is 1. The Labute approximate surface area is 201 Å². The number of methoxy groups -OCH3 is 1. The van der Waals surface area contributed by atoms with Crippen LogP contribution in [0.1, 0.15) is 32.1 Å². The molecule has 0 spiro atoms. The first-order valence-corrected chi connectivity index (χ1v) is 12.8. The molecule has 4 rings (SSSR count). The third kappa shape index (κ3) is 5.41. The normalized spacial score (nSPS) is 20.3. The summed E-state index contributed by atoms with van der Waals surface area (Å²) in [6, 6.07) is 7.43. The number of ether oxygens (including phenoxy) is 1. The average molecular weight is 489 g/mol. The van der Waals surface area contributed by atoms with E-state index in [0.717, 1.165) is 36.7 Å². The largest absolute Gasteiger partial charge is 0.497 e. The van der Waals surface area contributed by atoms with Gasteiger partial charge in [-0.2, -0.15) is 4.99 Å². The van der Waals surface area contributed by atoms with E-state index in [4.69, 9.17) is 17.0 Å². The van der Waals surface area contributed by atoms with Crippen molar-refractivity contribution in [1.82, 2.24) is 5.32 Å². The van der Waals surface area contributed by atoms with Gasteiger partial charge in [-0.05, 0) is 44.2 Å². The highest BCUT2D eigenvalue weighted by molar-refractivity contribution is 8.25. The molecule has 1 atom stereocenters. The Balaban J connectivity index is 1.38. The number of aliphatic imine (C=N–C) groups is 2. The van der Waals surface area contributed by atoms with Crippen LogP contribution in [0.2, 0.25) is 0 Å². The van der Waals surface area contributed by atoms with Crippen LogP contribution in [-0.4, -0.2) is 51.8 Å². The molecule has 1 aromatic carbocycles. The molecule has 0 saturated carbocycles. The van der Waals surface area contributed by atoms with Crippen LogP contribution in [0, 0.1) is 0 Å². The number of nitrogens with zero attached hydrogens (tertiary/aromatic N) is 3. The second-order valence-electron chi connectivity index (χ2n) is 7.50. The lowest BCUT2D eigenvalue weighted by molar-refractivity contribution is -0.118. The van der Waals surface area contributed by atoms with Crippen LogP contribution >= 0.6 is 35.7 Å². The Hall–Kier alpha value is -2.17. The second kappa shape index (κ2) is 10.6. The summed E-state index contributed by atoms with van der Waals surface area (Å²) in [6.45, 7) is 0.627. The van der Waals surface area contributed by atoms with Crippen molar-refractivity contribution in [1.29, 1.82) is 0 Å². The number of hydrogen-bond acceptors (Lipinski definition) is 7. The molecular weight excluding hydrogens is 464 g/mol. The average Bonchev–Trinajstić information content (AvgIpc) is 3.15. The van der Waals surface area contributed by atoms with E-state index in [2.05, 4.69) is 21.4 Å². The molecule has 7 nitrogen and oxygen atoms in total. The first-order valence-electron chi connectivity index (χ1n) is 10.5. The van der Waals surface area contributed by atoms with Crippen molar-refractivity contribution < 1.29 is 14.3 Å². The number of fused-ring (bicyclic) bond motifs is 1. The number of carbonyl (C=O) groups is 2. The van der Waals surface area contributed by atoms with Crippen LogP contribution in [-0.2, 0) is 9.59 Å². The molecule has 10 heteroatoms. The number of amidine groups is 2. The summed E-state index contributed by atoms with van der Waals surface area (Å²) < 4.78 is 5.84. The molecule has 168 valence electrons. The van der Waals surface area contributed by atoms with Gasteiger partial charge in [0.25, 0.3) is 5.91 Å². The Morgan fingerprint density at radius 3 is 3.03 bits per heavy atom. The quantitative estimate of drug-likeness (QED) is 0.460. The summed E-state index contributed by atoms with van der Waals surface area (Å²) in [5.41, 5.74) is 2.20. The van der Waals surface area contributed by atoms with Gasteiger partial charge in [0, 0.05) is 12.6 Å². The van der Waals surface area contributed by atoms with E-state index in [0.29, 0.717) is 22.5 Å². The van der Waals surface area contributed by atoms with Crippen molar-refractivity contribution in [2.24, 2.45) is 9.98 Å². The monoisotopic (exact) mass is 488 g/mol. The van der Waals surface area contributed by atoms with Gasteiger partial charge in [-0.1, -0.05) is 53.5 Å². The fourth-order valence-corrected chi connectivity index (χ4v) is 5.77. The van der Waals surface area contributed by atoms with E-state index in [1.807, 2.05) is 24.3 Å². The van der Waals surface area contributed by atoms with E-state index in [1.54, 1.807) is 12.0 Å². The van der Waals surface area contributed by atoms with Crippen molar-refractivity contribution in [2.45, 2.75) is 37.4 Å². The summed E-state index contributed by atoms with van der Waals surface area (Å²) in [5.74, 6) is 0.971. The van der Waals surface area contributed by atoms with Crippen LogP contribution in [0.4, 0.5) is 5.69 Å². The predicted molar refractivity (Wildman–Crippen MR) is 136 cm³/mol. The van der Waals surface area contributed by atoms with Crippen molar-refractivity contribution in [2.75, 3.05) is 24.3 Å². The zero-order chi connectivity index (χ0) is 22.5. The Bertz CT molecular complexity index is 1020. The molecule has 0 radical (unpaired) electrons. The number of amides is 2. The highest BCUT2D eigenvalue weighted by atomic mass is 32.2. The molecule has 1 saturated heterocycles. The summed E-state index contributed by atoms with van der Waals surface area (Å²) >= 11 is 7.93. The van der Waals surface area contributed by atoms with E-state index in [-0.39, 0.29) is 22.7 Å². The van der Waals surface area contributed by atoms with E-state index in [9.17, 15) is 9.59 Å². The Kier molecular flexibility index (Phi) is 7.64. The van der Waals surface area contributed by atoms with Gasteiger partial charge in [0.15, 0.2) is 10.4 Å². The maximum absolute atomic E-state index is 12.6. The van der Waals surface area contributed by atoms with Crippen LogP contribution in [0.25, 0.3) is 0 Å². The van der Waals surface area contributed by atoms with Crippen LogP contribution in [0.15, 0.2) is 45.9 Å². The number of carbonyl (C=O) groups excluding carboxylic acids is 2. The Morgan fingerprint density at radius 2 is 2.25 bits per heavy atom. The van der Waals surface area contributed by atoms with Gasteiger partial charge >= 0.3 is 0 Å². The smallest absolute Gasteiger partial charge is 0.269 e. The minimum atomic E-state index is -0.560. The second-order valence-corrected chi connectivity index (χ2v) is 10.2. The summed E-state index contributed by atoms with van der Waals surface area (Å²) in [7, 11) is 1.60. The molecule has 3 aliphatic rings. The molecule has 0 aromatic heterocycles. The number of rotatable bonds is 7. The van der Waals surface area contributed by atoms with Crippen molar-refractivity contribution >= 4 is 68.6 Å². The van der Waals surface area contributed by atoms with E-state index in [1.165, 1.54) is 30.2 Å². The van der Waals surface area contributed by atoms with Crippen LogP contribution in [0.5, 0.6) is 5.75 Å². The fraction of sp³-hybridized carbons (Fsp3) is 0.409. The van der Waals surface area contributed by atoms with Gasteiger partial charge in [0.05, 0.1) is 18.6 Å². The fourth-order valence-electron chi connectivity index (χ4n) is 3.69. The van der Waals surface area contributed by atoms with Gasteiger partial charge in [0.2, 0.25) is 5.91 Å². The highest BCUT2D eigenvalue weighted by Crippen LogP contribution is 2.36. The standard InChI is InChI=1S/C22H24N4O3S3/c1-29-16-9-5-8-15(12-16)26-19-18(32-22(26)30)20(28)25-21(24-19)31-13-17(27)23-11-10-14-6-3-2-4-7-14/h5-6,8-9,12,18H,2-4,7,10-11,13H2,1H3,(H,23,27). The van der Waals surface area contributed by atoms with Crippen molar-refractivity contribution in [3.05, 3.63) is 35.9 Å². The molecule has 1 aliphatic carbocycles. The maximum Gasteiger partial charge on any atom is 0.269 e. The van der Waals surface area contributed by atoms with E-state index < -0.39 is 5.25 Å². The maximum atomic E-state index is 12.6. The summed E-state index contributed by atoms with van der Waals surface area (Å²) in [5, 5.41) is 2.67. The Morgan fingerprint density at radius 1 is 1.38 bits per heavy atom. The van der Waals surface area contributed by atoms with Gasteiger partial charge < -0.3 is 10.1 Å². The summed E-state index contributed by atoms with van der Waals surface area (Å²) in [6.07, 6.45) is 7.95. The first kappa shape index (κ1) is 23.0. The van der Waals surface area contributed by atoms with Gasteiger partial charge in [-0.25, -0.2) is 4.99 Å². The summed E-state index contributed by atoms with van der Waals surface area (Å²) in [4.78, 5) is 35.3. The highest BCUT2D eigenvalue weighted by Gasteiger charge is 2.43. The third-order valence-corrected chi connectivity index (χ3v) is 7.65. The van der Waals surface area contributed by atoms with Gasteiger partial charge in [-0.3, -0.25) is 14.5 Å². The number of nitrogens with one attached hydrogen (secondary N) is 1. The van der Waals surface area contributed by atoms with Crippen molar-refractivity contribution in [3.8, 4) is 5.75 Å². The molecule has 2 aliphatic heterocycles. The molecule has 32 heavy (non-hydrogen) atoms. The number of thioether (sulfide) groups is 2. The molecular formula is C22H24N4O3S3. The van der Waals surface area contributed by atoms with Gasteiger partial charge in [0.1, 0.15) is 15.9 Å². The molecule has 0 bridgehead atoms. The third-order valence-electron chi connectivity index (χ3n) is 5.30. The number of anilines is 1. The minimum Gasteiger partial charge on any atom is -0.497 e. The lowest BCUT2D eigenvalue weighted by Gasteiger charge is -2.21. The van der Waals surface area contributed by atoms with Crippen LogP contribution < -0.4 is 15.0 Å². The van der Waals surface area contributed by atoms with Gasteiger partial charge in [-0.15, -0.1) is 0 Å². The molecule has 1 aromatic rings. The molecule has 1 N–H and O–H groups in total. The zero-order valence-electron chi connectivity index (χ0n) is 17.7. The molecule has 2 heterocycles. The zero-order valence-corrected chi connectivity index (χ0v) is 20.2. The molecule has 2 amide bonds. The first-order chi connectivity index (χ1) is 15.5. The topological polar surface area (TPSA) is 83.4 Å². The lowest BCUT2D eigenvalue weighted by atomic mass is 9.97. The van der Waals surface area contributed by atoms with Crippen LogP contribution in [0.3, 0.4) is 0 Å². The lowest BCUT2D eigenvalue weighted by Crippen LogP contribution is -2.37. The van der Waals surface area contributed by atoms with E-state index >= 15 is 0 Å². The molecule has 1 fully saturated rings. The molecule has 1 unspecified atom stereocenters.